The third-order valence-electron chi connectivity index (χ3n) is 3.27. The predicted octanol–water partition coefficient (Wildman–Crippen LogP) is 5.02. The smallest absolute Gasteiger partial charge is 0.00414 e. The summed E-state index contributed by atoms with van der Waals surface area (Å²) in [5, 5.41) is 0. The van der Waals surface area contributed by atoms with Crippen molar-refractivity contribution in [2.24, 2.45) is 0 Å². The molecule has 0 bridgehead atoms. The van der Waals surface area contributed by atoms with E-state index in [1.807, 2.05) is 0 Å². The van der Waals surface area contributed by atoms with E-state index in [9.17, 15) is 0 Å². The van der Waals surface area contributed by atoms with E-state index in [0.717, 1.165) is 0 Å². The van der Waals surface area contributed by atoms with Gasteiger partial charge in [-0.05, 0) is 47.0 Å². The van der Waals surface area contributed by atoms with Crippen molar-refractivity contribution in [3.8, 4) is 0 Å². The fourth-order valence-corrected chi connectivity index (χ4v) is 2.26. The monoisotopic (exact) mass is 239 g/mol. The van der Waals surface area contributed by atoms with Crippen LogP contribution >= 0.6 is 0 Å². The van der Waals surface area contributed by atoms with Gasteiger partial charge in [-0.25, -0.2) is 0 Å². The highest BCUT2D eigenvalue weighted by molar-refractivity contribution is 4.83. The van der Waals surface area contributed by atoms with Crippen molar-refractivity contribution in [1.29, 1.82) is 0 Å². The maximum Gasteiger partial charge on any atom is 0.00414 e. The third-order valence-corrected chi connectivity index (χ3v) is 3.27. The molecule has 0 unspecified atom stereocenters. The molecule has 1 heteroatoms. The van der Waals surface area contributed by atoms with Crippen LogP contribution in [0.15, 0.2) is 12.2 Å². The number of hydrogen-bond donors (Lipinski definition) is 0. The van der Waals surface area contributed by atoms with Gasteiger partial charge in [-0.1, -0.05) is 38.3 Å². The van der Waals surface area contributed by atoms with E-state index in [0.29, 0.717) is 12.1 Å². The molecule has 0 aromatic heterocycles. The summed E-state index contributed by atoms with van der Waals surface area (Å²) in [5.74, 6) is 0. The molecule has 0 aliphatic heterocycles. The van der Waals surface area contributed by atoms with E-state index in [2.05, 4.69) is 51.7 Å². The maximum atomic E-state index is 2.56. The van der Waals surface area contributed by atoms with Crippen LogP contribution in [0.3, 0.4) is 0 Å². The second-order valence-corrected chi connectivity index (χ2v) is 5.53. The first-order valence-electron chi connectivity index (χ1n) is 7.50. The lowest BCUT2D eigenvalue weighted by atomic mass is 10.1. The van der Waals surface area contributed by atoms with Gasteiger partial charge in [-0.2, -0.15) is 0 Å². The number of allylic oxidation sites excluding steroid dienone is 1. The molecular weight excluding hydrogens is 206 g/mol. The Morgan fingerprint density at radius 2 is 1.41 bits per heavy atom. The molecule has 1 nitrogen and oxygen atoms in total. The molecule has 0 saturated heterocycles. The largest absolute Gasteiger partial charge is 0.298 e. The first kappa shape index (κ1) is 16.7. The minimum atomic E-state index is 0.660. The third kappa shape index (κ3) is 9.41. The zero-order chi connectivity index (χ0) is 13.1. The average Bonchev–Trinajstić information content (AvgIpc) is 2.26. The summed E-state index contributed by atoms with van der Waals surface area (Å²) in [6.07, 6.45) is 12.7. The molecule has 0 rings (SSSR count). The van der Waals surface area contributed by atoms with Gasteiger partial charge >= 0.3 is 0 Å². The maximum absolute atomic E-state index is 2.56. The normalized spacial score (nSPS) is 12.5. The van der Waals surface area contributed by atoms with Crippen LogP contribution < -0.4 is 0 Å². The Morgan fingerprint density at radius 1 is 0.824 bits per heavy atom. The highest BCUT2D eigenvalue weighted by Crippen LogP contribution is 2.07. The number of hydrogen-bond acceptors (Lipinski definition) is 1. The Kier molecular flexibility index (Phi) is 10.6. The molecule has 0 amide bonds. The standard InChI is InChI=1S/C16H33N/c1-6-7-8-9-10-11-12-13-14-17(15(2)3)16(4)5/h11-12,15-16H,6-10,13-14H2,1-5H3. The first-order valence-corrected chi connectivity index (χ1v) is 7.50. The molecule has 0 aromatic rings. The van der Waals surface area contributed by atoms with Gasteiger partial charge in [0.25, 0.3) is 0 Å². The van der Waals surface area contributed by atoms with Crippen molar-refractivity contribution >= 4 is 0 Å². The zero-order valence-electron chi connectivity index (χ0n) is 12.7. The Morgan fingerprint density at radius 3 is 1.94 bits per heavy atom. The average molecular weight is 239 g/mol. The molecule has 0 N–H and O–H groups in total. The molecule has 17 heavy (non-hydrogen) atoms. The number of rotatable bonds is 10. The van der Waals surface area contributed by atoms with E-state index >= 15 is 0 Å². The summed E-state index contributed by atoms with van der Waals surface area (Å²) in [5.41, 5.74) is 0. The van der Waals surface area contributed by atoms with Gasteiger partial charge in [-0.3, -0.25) is 4.90 Å². The van der Waals surface area contributed by atoms with Crippen molar-refractivity contribution in [3.05, 3.63) is 12.2 Å². The lowest BCUT2D eigenvalue weighted by Gasteiger charge is -2.29. The van der Waals surface area contributed by atoms with Gasteiger partial charge < -0.3 is 0 Å². The van der Waals surface area contributed by atoms with Crippen LogP contribution in [0.1, 0.15) is 73.1 Å². The highest BCUT2D eigenvalue weighted by atomic mass is 15.2. The Hall–Kier alpha value is -0.300. The van der Waals surface area contributed by atoms with E-state index in [1.54, 1.807) is 0 Å². The second kappa shape index (κ2) is 10.8. The molecule has 0 heterocycles. The van der Waals surface area contributed by atoms with E-state index < -0.39 is 0 Å². The van der Waals surface area contributed by atoms with Crippen LogP contribution in [0.2, 0.25) is 0 Å². The zero-order valence-corrected chi connectivity index (χ0v) is 12.7. The van der Waals surface area contributed by atoms with Crippen LogP contribution in [0.4, 0.5) is 0 Å². The summed E-state index contributed by atoms with van der Waals surface area (Å²) in [7, 11) is 0. The van der Waals surface area contributed by atoms with Gasteiger partial charge in [-0.15, -0.1) is 0 Å². The second-order valence-electron chi connectivity index (χ2n) is 5.53. The molecule has 0 aliphatic carbocycles. The van der Waals surface area contributed by atoms with Crippen LogP contribution in [-0.4, -0.2) is 23.5 Å². The summed E-state index contributed by atoms with van der Waals surface area (Å²) >= 11 is 0. The summed E-state index contributed by atoms with van der Waals surface area (Å²) in [6.45, 7) is 12.6. The fraction of sp³-hybridized carbons (Fsp3) is 0.875. The Balaban J connectivity index is 3.56. The van der Waals surface area contributed by atoms with Gasteiger partial charge in [0.05, 0.1) is 0 Å². The van der Waals surface area contributed by atoms with Crippen LogP contribution in [0.5, 0.6) is 0 Å². The highest BCUT2D eigenvalue weighted by Gasteiger charge is 2.11. The SMILES string of the molecule is CCCCCCC=CCCN(C(C)C)C(C)C. The molecule has 0 atom stereocenters. The first-order chi connectivity index (χ1) is 8.09. The minimum Gasteiger partial charge on any atom is -0.298 e. The van der Waals surface area contributed by atoms with E-state index in [1.165, 1.54) is 45.1 Å². The molecular formula is C16H33N. The van der Waals surface area contributed by atoms with Crippen molar-refractivity contribution in [1.82, 2.24) is 4.90 Å². The van der Waals surface area contributed by atoms with Gasteiger partial charge in [0.1, 0.15) is 0 Å². The van der Waals surface area contributed by atoms with E-state index in [-0.39, 0.29) is 0 Å². The summed E-state index contributed by atoms with van der Waals surface area (Å²) in [6, 6.07) is 1.32. The van der Waals surface area contributed by atoms with Crippen molar-refractivity contribution < 1.29 is 0 Å². The predicted molar refractivity (Wildman–Crippen MR) is 79.5 cm³/mol. The fourth-order valence-electron chi connectivity index (χ4n) is 2.26. The topological polar surface area (TPSA) is 3.24 Å². The van der Waals surface area contributed by atoms with Crippen molar-refractivity contribution in [3.63, 3.8) is 0 Å². The van der Waals surface area contributed by atoms with Crippen molar-refractivity contribution in [2.75, 3.05) is 6.54 Å². The summed E-state index contributed by atoms with van der Waals surface area (Å²) in [4.78, 5) is 2.56. The van der Waals surface area contributed by atoms with Crippen LogP contribution in [0.25, 0.3) is 0 Å². The minimum absolute atomic E-state index is 0.660. The Labute approximate surface area is 109 Å². The molecule has 0 aromatic carbocycles. The van der Waals surface area contributed by atoms with E-state index in [4.69, 9.17) is 0 Å². The van der Waals surface area contributed by atoms with Gasteiger partial charge in [0.15, 0.2) is 0 Å². The molecule has 0 saturated carbocycles. The van der Waals surface area contributed by atoms with Crippen LogP contribution in [-0.2, 0) is 0 Å². The quantitative estimate of drug-likeness (QED) is 0.382. The lowest BCUT2D eigenvalue weighted by molar-refractivity contribution is 0.178. The van der Waals surface area contributed by atoms with Crippen LogP contribution in [0, 0.1) is 0 Å². The van der Waals surface area contributed by atoms with Crippen molar-refractivity contribution in [2.45, 2.75) is 85.2 Å². The molecule has 0 fully saturated rings. The Bertz CT molecular complexity index is 174. The lowest BCUT2D eigenvalue weighted by Crippen LogP contribution is -2.37. The number of nitrogens with zero attached hydrogens (tertiary/aromatic N) is 1. The molecule has 102 valence electrons. The molecule has 0 radical (unpaired) electrons. The number of unbranched alkanes of at least 4 members (excludes halogenated alkanes) is 4. The van der Waals surface area contributed by atoms with Gasteiger partial charge in [0.2, 0.25) is 0 Å². The molecule has 0 spiro atoms. The van der Waals surface area contributed by atoms with Gasteiger partial charge in [0, 0.05) is 18.6 Å². The molecule has 0 aliphatic rings. The summed E-state index contributed by atoms with van der Waals surface area (Å²) < 4.78 is 0.